The molecule has 1 atom stereocenters. The molecule has 0 aromatic heterocycles. The first-order chi connectivity index (χ1) is 4.20. The molecule has 3 heteroatoms. The average Bonchev–Trinajstić information content (AvgIpc) is 1.80. The Morgan fingerprint density at radius 3 is 2.89 bits per heavy atom. The van der Waals surface area contributed by atoms with Crippen LogP contribution in [-0.4, -0.2) is 37.0 Å². The highest BCUT2D eigenvalue weighted by Gasteiger charge is 2.18. The van der Waals surface area contributed by atoms with Crippen molar-refractivity contribution in [3.05, 3.63) is 0 Å². The third-order valence-corrected chi connectivity index (χ3v) is 1.50. The van der Waals surface area contributed by atoms with Gasteiger partial charge in [-0.1, -0.05) is 0 Å². The van der Waals surface area contributed by atoms with Gasteiger partial charge in [-0.15, -0.1) is 0 Å². The van der Waals surface area contributed by atoms with Crippen LogP contribution in [0.5, 0.6) is 0 Å². The standard InChI is InChI=1S/C6H11N2O/c1-5-4-8(2)6(9)3-7-5/h5H,3-4H2,1-2H3. The second-order valence-corrected chi connectivity index (χ2v) is 2.46. The largest absolute Gasteiger partial charge is 0.343 e. The molecule has 1 aliphatic rings. The molecule has 1 radical (unpaired) electrons. The molecule has 0 spiro atoms. The lowest BCUT2D eigenvalue weighted by Crippen LogP contribution is -2.47. The Balaban J connectivity index is 2.44. The summed E-state index contributed by atoms with van der Waals surface area (Å²) in [5.41, 5.74) is 0. The first-order valence-corrected chi connectivity index (χ1v) is 3.10. The monoisotopic (exact) mass is 127 g/mol. The molecule has 0 aromatic carbocycles. The lowest BCUT2D eigenvalue weighted by atomic mass is 10.2. The summed E-state index contributed by atoms with van der Waals surface area (Å²) in [5.74, 6) is 0.133. The molecule has 1 rings (SSSR count). The highest BCUT2D eigenvalue weighted by molar-refractivity contribution is 5.78. The van der Waals surface area contributed by atoms with Gasteiger partial charge in [-0.05, 0) is 6.92 Å². The quantitative estimate of drug-likeness (QED) is 0.430. The number of amides is 1. The Morgan fingerprint density at radius 2 is 2.44 bits per heavy atom. The number of likely N-dealkylation sites (N-methyl/N-ethyl adjacent to an activating group) is 1. The Morgan fingerprint density at radius 1 is 1.78 bits per heavy atom. The maximum absolute atomic E-state index is 10.8. The molecule has 51 valence electrons. The molecule has 3 nitrogen and oxygen atoms in total. The molecule has 9 heavy (non-hydrogen) atoms. The van der Waals surface area contributed by atoms with Gasteiger partial charge in [-0.25, -0.2) is 5.32 Å². The fraction of sp³-hybridized carbons (Fsp3) is 0.833. The molecule has 0 N–H and O–H groups in total. The van der Waals surface area contributed by atoms with Crippen LogP contribution in [0.3, 0.4) is 0 Å². The summed E-state index contributed by atoms with van der Waals surface area (Å²) in [7, 11) is 1.81. The molecule has 1 saturated heterocycles. The Labute approximate surface area is 55.0 Å². The van der Waals surface area contributed by atoms with Crippen LogP contribution in [-0.2, 0) is 4.79 Å². The fourth-order valence-corrected chi connectivity index (χ4v) is 0.911. The van der Waals surface area contributed by atoms with Crippen molar-refractivity contribution in [1.82, 2.24) is 10.2 Å². The van der Waals surface area contributed by atoms with E-state index in [0.717, 1.165) is 6.54 Å². The molecular formula is C6H11N2O. The van der Waals surface area contributed by atoms with Crippen LogP contribution in [0.4, 0.5) is 0 Å². The second-order valence-electron chi connectivity index (χ2n) is 2.46. The molecule has 1 aliphatic heterocycles. The molecule has 0 aromatic rings. The fourth-order valence-electron chi connectivity index (χ4n) is 0.911. The summed E-state index contributed by atoms with van der Waals surface area (Å²) in [6.45, 7) is 3.17. The SMILES string of the molecule is CC1CN(C)C(=O)C[N]1. The van der Waals surface area contributed by atoms with Crippen LogP contribution in [0.1, 0.15) is 6.92 Å². The van der Waals surface area contributed by atoms with Crippen LogP contribution < -0.4 is 5.32 Å². The van der Waals surface area contributed by atoms with Gasteiger partial charge >= 0.3 is 0 Å². The van der Waals surface area contributed by atoms with Gasteiger partial charge < -0.3 is 4.90 Å². The molecule has 0 saturated carbocycles. The van der Waals surface area contributed by atoms with E-state index >= 15 is 0 Å². The molecular weight excluding hydrogens is 116 g/mol. The van der Waals surface area contributed by atoms with Gasteiger partial charge in [-0.3, -0.25) is 4.79 Å². The predicted molar refractivity (Wildman–Crippen MR) is 34.1 cm³/mol. The molecule has 1 heterocycles. The van der Waals surface area contributed by atoms with Crippen LogP contribution in [0.2, 0.25) is 0 Å². The Kier molecular flexibility index (Phi) is 1.71. The minimum Gasteiger partial charge on any atom is -0.343 e. The first-order valence-electron chi connectivity index (χ1n) is 3.10. The summed E-state index contributed by atoms with van der Waals surface area (Å²) in [4.78, 5) is 12.5. The van der Waals surface area contributed by atoms with Crippen molar-refractivity contribution < 1.29 is 4.79 Å². The number of rotatable bonds is 0. The van der Waals surface area contributed by atoms with E-state index in [4.69, 9.17) is 0 Å². The number of nitrogens with zero attached hydrogens (tertiary/aromatic N) is 2. The summed E-state index contributed by atoms with van der Waals surface area (Å²) >= 11 is 0. The predicted octanol–water partition coefficient (Wildman–Crippen LogP) is -0.549. The number of piperazine rings is 1. The summed E-state index contributed by atoms with van der Waals surface area (Å²) < 4.78 is 0. The van der Waals surface area contributed by atoms with Crippen molar-refractivity contribution in [1.29, 1.82) is 0 Å². The van der Waals surface area contributed by atoms with Gasteiger partial charge in [0.1, 0.15) is 0 Å². The van der Waals surface area contributed by atoms with Crippen LogP contribution in [0.25, 0.3) is 0 Å². The van der Waals surface area contributed by atoms with Crippen LogP contribution in [0.15, 0.2) is 0 Å². The van der Waals surface area contributed by atoms with Crippen molar-refractivity contribution in [2.24, 2.45) is 0 Å². The van der Waals surface area contributed by atoms with E-state index in [1.54, 1.807) is 4.90 Å². The topological polar surface area (TPSA) is 34.4 Å². The summed E-state index contributed by atoms with van der Waals surface area (Å²) in [5, 5.41) is 4.07. The van der Waals surface area contributed by atoms with Crippen molar-refractivity contribution in [3.63, 3.8) is 0 Å². The van der Waals surface area contributed by atoms with Crippen molar-refractivity contribution in [2.45, 2.75) is 13.0 Å². The van der Waals surface area contributed by atoms with Crippen LogP contribution in [0, 0.1) is 0 Å². The van der Waals surface area contributed by atoms with Gasteiger partial charge in [0, 0.05) is 19.6 Å². The van der Waals surface area contributed by atoms with Crippen LogP contribution >= 0.6 is 0 Å². The van der Waals surface area contributed by atoms with Gasteiger partial charge in [0.05, 0.1) is 6.54 Å². The zero-order valence-electron chi connectivity index (χ0n) is 5.79. The average molecular weight is 127 g/mol. The smallest absolute Gasteiger partial charge is 0.238 e. The molecule has 1 unspecified atom stereocenters. The van der Waals surface area contributed by atoms with E-state index in [2.05, 4.69) is 5.32 Å². The first kappa shape index (κ1) is 6.55. The number of hydrogen-bond acceptors (Lipinski definition) is 1. The van der Waals surface area contributed by atoms with Gasteiger partial charge in [0.15, 0.2) is 0 Å². The third-order valence-electron chi connectivity index (χ3n) is 1.50. The molecule has 0 aliphatic carbocycles. The van der Waals surface area contributed by atoms with E-state index in [-0.39, 0.29) is 5.91 Å². The van der Waals surface area contributed by atoms with E-state index < -0.39 is 0 Å². The minimum atomic E-state index is 0.133. The highest BCUT2D eigenvalue weighted by atomic mass is 16.2. The van der Waals surface area contributed by atoms with E-state index in [1.165, 1.54) is 0 Å². The normalized spacial score (nSPS) is 28.9. The minimum absolute atomic E-state index is 0.133. The number of carbonyl (C=O) groups is 1. The summed E-state index contributed by atoms with van der Waals surface area (Å²) in [6, 6.07) is 0.327. The van der Waals surface area contributed by atoms with Crippen molar-refractivity contribution in [2.75, 3.05) is 20.1 Å². The van der Waals surface area contributed by atoms with E-state index in [1.807, 2.05) is 14.0 Å². The van der Waals surface area contributed by atoms with Crippen molar-refractivity contribution >= 4 is 5.91 Å². The lowest BCUT2D eigenvalue weighted by molar-refractivity contribution is -0.131. The zero-order valence-corrected chi connectivity index (χ0v) is 5.79. The second kappa shape index (κ2) is 2.35. The summed E-state index contributed by atoms with van der Waals surface area (Å²) in [6.07, 6.45) is 0. The number of carbonyl (C=O) groups excluding carboxylic acids is 1. The number of hydrogen-bond donors (Lipinski definition) is 0. The zero-order chi connectivity index (χ0) is 6.85. The molecule has 1 amide bonds. The maximum atomic E-state index is 10.8. The van der Waals surface area contributed by atoms with E-state index in [0.29, 0.717) is 12.6 Å². The Hall–Kier alpha value is -0.570. The van der Waals surface area contributed by atoms with Crippen molar-refractivity contribution in [3.8, 4) is 0 Å². The third kappa shape index (κ3) is 1.42. The maximum Gasteiger partial charge on any atom is 0.238 e. The Bertz CT molecular complexity index is 124. The van der Waals surface area contributed by atoms with Gasteiger partial charge in [-0.2, -0.15) is 0 Å². The highest BCUT2D eigenvalue weighted by Crippen LogP contribution is 1.96. The van der Waals surface area contributed by atoms with Gasteiger partial charge in [0.2, 0.25) is 5.91 Å². The van der Waals surface area contributed by atoms with Gasteiger partial charge in [0.25, 0.3) is 0 Å². The lowest BCUT2D eigenvalue weighted by Gasteiger charge is -2.26. The van der Waals surface area contributed by atoms with E-state index in [9.17, 15) is 4.79 Å². The molecule has 0 bridgehead atoms. The molecule has 1 fully saturated rings.